The molecular formula is C12H20F2N2O2. The molecule has 1 amide bonds. The Labute approximate surface area is 106 Å². The molecule has 1 saturated heterocycles. The third-order valence-corrected chi connectivity index (χ3v) is 2.83. The first-order chi connectivity index (χ1) is 8.49. The Morgan fingerprint density at radius 2 is 2.00 bits per heavy atom. The van der Waals surface area contributed by atoms with E-state index >= 15 is 0 Å². The maximum absolute atomic E-state index is 13.2. The number of ether oxygens (including phenoxy) is 1. The van der Waals surface area contributed by atoms with E-state index < -0.39 is 11.8 Å². The fourth-order valence-electron chi connectivity index (χ4n) is 1.81. The fraction of sp³-hybridized carbons (Fsp3) is 0.750. The predicted octanol–water partition coefficient (Wildman–Crippen LogP) is 1.17. The Hall–Kier alpha value is -1.01. The molecule has 0 aromatic carbocycles. The quantitative estimate of drug-likeness (QED) is 0.553. The number of carbonyl (C=O) groups excluding carboxylic acids is 1. The van der Waals surface area contributed by atoms with Crippen molar-refractivity contribution in [2.45, 2.75) is 25.2 Å². The van der Waals surface area contributed by atoms with Gasteiger partial charge in [-0.05, 0) is 25.5 Å². The Bertz CT molecular complexity index is 290. The van der Waals surface area contributed by atoms with Crippen LogP contribution in [0.25, 0.3) is 0 Å². The van der Waals surface area contributed by atoms with Gasteiger partial charge in [0.2, 0.25) is 5.91 Å². The SMILES string of the molecule is NC(=O)C=CC(F)(F)CCCCN1CCOCC1. The van der Waals surface area contributed by atoms with Crippen molar-refractivity contribution in [3.8, 4) is 0 Å². The molecule has 1 heterocycles. The lowest BCUT2D eigenvalue weighted by Crippen LogP contribution is -2.36. The van der Waals surface area contributed by atoms with Gasteiger partial charge < -0.3 is 10.5 Å². The second-order valence-electron chi connectivity index (χ2n) is 4.41. The summed E-state index contributed by atoms with van der Waals surface area (Å²) in [6.07, 6.45) is 2.21. The number of halogens is 2. The Kier molecular flexibility index (Phi) is 6.21. The highest BCUT2D eigenvalue weighted by atomic mass is 19.3. The van der Waals surface area contributed by atoms with E-state index in [2.05, 4.69) is 4.90 Å². The van der Waals surface area contributed by atoms with Crippen LogP contribution in [0.1, 0.15) is 19.3 Å². The summed E-state index contributed by atoms with van der Waals surface area (Å²) in [6.45, 7) is 4.00. The largest absolute Gasteiger partial charge is 0.379 e. The first kappa shape index (κ1) is 15.0. The van der Waals surface area contributed by atoms with Crippen molar-refractivity contribution in [2.24, 2.45) is 5.73 Å². The highest BCUT2D eigenvalue weighted by molar-refractivity contribution is 5.85. The first-order valence-corrected chi connectivity index (χ1v) is 6.16. The van der Waals surface area contributed by atoms with Gasteiger partial charge in [0.05, 0.1) is 13.2 Å². The van der Waals surface area contributed by atoms with E-state index in [0.717, 1.165) is 45.3 Å². The van der Waals surface area contributed by atoms with E-state index in [1.54, 1.807) is 0 Å². The lowest BCUT2D eigenvalue weighted by Gasteiger charge is -2.26. The van der Waals surface area contributed by atoms with Gasteiger partial charge in [-0.15, -0.1) is 0 Å². The highest BCUT2D eigenvalue weighted by Gasteiger charge is 2.24. The lowest BCUT2D eigenvalue weighted by molar-refractivity contribution is -0.113. The maximum atomic E-state index is 13.2. The molecule has 0 unspecified atom stereocenters. The topological polar surface area (TPSA) is 55.6 Å². The van der Waals surface area contributed by atoms with Crippen LogP contribution in [0, 0.1) is 0 Å². The summed E-state index contributed by atoms with van der Waals surface area (Å²) in [5, 5.41) is 0. The smallest absolute Gasteiger partial charge is 0.266 e. The van der Waals surface area contributed by atoms with Gasteiger partial charge in [0.25, 0.3) is 5.92 Å². The molecule has 2 N–H and O–H groups in total. The van der Waals surface area contributed by atoms with Crippen LogP contribution >= 0.6 is 0 Å². The Morgan fingerprint density at radius 1 is 1.33 bits per heavy atom. The van der Waals surface area contributed by atoms with Gasteiger partial charge in [-0.25, -0.2) is 8.78 Å². The zero-order valence-electron chi connectivity index (χ0n) is 10.4. The van der Waals surface area contributed by atoms with Crippen LogP contribution < -0.4 is 5.73 Å². The van der Waals surface area contributed by atoms with Crippen LogP contribution in [0.15, 0.2) is 12.2 Å². The molecule has 1 aliphatic heterocycles. The second-order valence-corrected chi connectivity index (χ2v) is 4.41. The van der Waals surface area contributed by atoms with E-state index in [4.69, 9.17) is 10.5 Å². The van der Waals surface area contributed by atoms with Crippen LogP contribution in [0.4, 0.5) is 8.78 Å². The standard InChI is InChI=1S/C12H20F2N2O2/c13-12(14,5-3-11(15)17)4-1-2-6-16-7-9-18-10-8-16/h3,5H,1-2,4,6-10H2,(H2,15,17). The number of nitrogens with zero attached hydrogens (tertiary/aromatic N) is 1. The average Bonchev–Trinajstić information content (AvgIpc) is 2.34. The summed E-state index contributed by atoms with van der Waals surface area (Å²) in [5.41, 5.74) is 4.77. The predicted molar refractivity (Wildman–Crippen MR) is 64.4 cm³/mol. The molecule has 0 spiro atoms. The van der Waals surface area contributed by atoms with Crippen LogP contribution in [-0.4, -0.2) is 49.6 Å². The molecule has 0 saturated carbocycles. The van der Waals surface area contributed by atoms with Crippen molar-refractivity contribution < 1.29 is 18.3 Å². The number of carbonyl (C=O) groups is 1. The molecule has 1 aliphatic rings. The number of unbranched alkanes of at least 4 members (excludes halogenated alkanes) is 1. The number of hydrogen-bond donors (Lipinski definition) is 1. The minimum Gasteiger partial charge on any atom is -0.379 e. The molecule has 104 valence electrons. The third-order valence-electron chi connectivity index (χ3n) is 2.83. The van der Waals surface area contributed by atoms with E-state index in [0.29, 0.717) is 12.5 Å². The molecule has 18 heavy (non-hydrogen) atoms. The molecule has 0 bridgehead atoms. The lowest BCUT2D eigenvalue weighted by atomic mass is 10.1. The fourth-order valence-corrected chi connectivity index (χ4v) is 1.81. The van der Waals surface area contributed by atoms with E-state index in [-0.39, 0.29) is 6.42 Å². The van der Waals surface area contributed by atoms with Gasteiger partial charge >= 0.3 is 0 Å². The zero-order valence-corrected chi connectivity index (χ0v) is 10.4. The van der Waals surface area contributed by atoms with Gasteiger partial charge in [0, 0.05) is 25.6 Å². The molecule has 1 fully saturated rings. The maximum Gasteiger partial charge on any atom is 0.266 e. The molecule has 0 aromatic rings. The van der Waals surface area contributed by atoms with Gasteiger partial charge in [0.1, 0.15) is 0 Å². The zero-order chi connectivity index (χ0) is 13.4. The molecule has 0 radical (unpaired) electrons. The number of nitrogens with two attached hydrogens (primary N) is 1. The van der Waals surface area contributed by atoms with Gasteiger partial charge in [-0.1, -0.05) is 0 Å². The number of primary amides is 1. The molecule has 0 aromatic heterocycles. The van der Waals surface area contributed by atoms with Crippen molar-refractivity contribution >= 4 is 5.91 Å². The van der Waals surface area contributed by atoms with Crippen LogP contribution in [0.3, 0.4) is 0 Å². The average molecular weight is 262 g/mol. The van der Waals surface area contributed by atoms with Crippen molar-refractivity contribution in [2.75, 3.05) is 32.8 Å². The van der Waals surface area contributed by atoms with E-state index in [1.807, 2.05) is 0 Å². The summed E-state index contributed by atoms with van der Waals surface area (Å²) >= 11 is 0. The summed E-state index contributed by atoms with van der Waals surface area (Å²) < 4.78 is 31.6. The Morgan fingerprint density at radius 3 is 2.61 bits per heavy atom. The number of hydrogen-bond acceptors (Lipinski definition) is 3. The molecule has 0 atom stereocenters. The van der Waals surface area contributed by atoms with Crippen molar-refractivity contribution in [1.82, 2.24) is 4.90 Å². The normalized spacial score (nSPS) is 18.3. The summed E-state index contributed by atoms with van der Waals surface area (Å²) in [4.78, 5) is 12.6. The van der Waals surface area contributed by atoms with Gasteiger partial charge in [0.15, 0.2) is 0 Å². The van der Waals surface area contributed by atoms with Crippen molar-refractivity contribution in [1.29, 1.82) is 0 Å². The molecule has 0 aliphatic carbocycles. The first-order valence-electron chi connectivity index (χ1n) is 6.16. The van der Waals surface area contributed by atoms with Gasteiger partial charge in [-0.2, -0.15) is 0 Å². The number of morpholine rings is 1. The molecule has 4 nitrogen and oxygen atoms in total. The molecule has 6 heteroatoms. The summed E-state index contributed by atoms with van der Waals surface area (Å²) in [5.74, 6) is -3.79. The summed E-state index contributed by atoms with van der Waals surface area (Å²) in [6, 6.07) is 0. The van der Waals surface area contributed by atoms with Crippen LogP contribution in [0.2, 0.25) is 0 Å². The third kappa shape index (κ3) is 6.66. The molecule has 1 rings (SSSR count). The van der Waals surface area contributed by atoms with Crippen LogP contribution in [-0.2, 0) is 9.53 Å². The van der Waals surface area contributed by atoms with E-state index in [9.17, 15) is 13.6 Å². The molecular weight excluding hydrogens is 242 g/mol. The van der Waals surface area contributed by atoms with Gasteiger partial charge in [-0.3, -0.25) is 9.69 Å². The van der Waals surface area contributed by atoms with Crippen molar-refractivity contribution in [3.05, 3.63) is 12.2 Å². The summed E-state index contributed by atoms with van der Waals surface area (Å²) in [7, 11) is 0. The number of alkyl halides is 2. The Balaban J connectivity index is 2.14. The minimum atomic E-state index is -2.94. The van der Waals surface area contributed by atoms with E-state index in [1.165, 1.54) is 0 Å². The number of rotatable bonds is 7. The number of allylic oxidation sites excluding steroid dienone is 1. The highest BCUT2D eigenvalue weighted by Crippen LogP contribution is 2.22. The number of amides is 1. The van der Waals surface area contributed by atoms with Crippen molar-refractivity contribution in [3.63, 3.8) is 0 Å². The monoisotopic (exact) mass is 262 g/mol. The second kappa shape index (κ2) is 7.43. The minimum absolute atomic E-state index is 0.249. The van der Waals surface area contributed by atoms with Crippen LogP contribution in [0.5, 0.6) is 0 Å².